The Bertz CT molecular complexity index is 1310. The molecule has 0 aromatic carbocycles. The lowest BCUT2D eigenvalue weighted by Gasteiger charge is -2.23. The Kier molecular flexibility index (Phi) is 6.98. The van der Waals surface area contributed by atoms with Crippen LogP contribution in [0.25, 0.3) is 11.2 Å². The first-order valence-electron chi connectivity index (χ1n) is 11.7. The van der Waals surface area contributed by atoms with Crippen LogP contribution in [0, 0.1) is 5.92 Å². The number of hydrogen-bond donors (Lipinski definition) is 2. The highest BCUT2D eigenvalue weighted by molar-refractivity contribution is 5.87. The number of rotatable bonds is 8. The zero-order valence-electron chi connectivity index (χ0n) is 20.3. The number of esters is 2. The molecule has 1 saturated carbocycles. The minimum atomic E-state index is -1.96. The number of carbonyl (C=O) groups excluding carboxylic acids is 3. The molecule has 1 amide bonds. The number of nitrogens with zero attached hydrogens (tertiary/aromatic N) is 3. The van der Waals surface area contributed by atoms with Crippen molar-refractivity contribution in [1.29, 1.82) is 0 Å². The highest BCUT2D eigenvalue weighted by Crippen LogP contribution is 2.38. The van der Waals surface area contributed by atoms with E-state index in [4.69, 9.17) is 14.2 Å². The molecular formula is C22H28FN5O8. The predicted octanol–water partition coefficient (Wildman–Crippen LogP) is 0.764. The lowest BCUT2D eigenvalue weighted by atomic mass is 10.0. The van der Waals surface area contributed by atoms with Gasteiger partial charge >= 0.3 is 17.6 Å². The van der Waals surface area contributed by atoms with Crippen molar-refractivity contribution in [3.05, 3.63) is 20.8 Å². The molecule has 2 aromatic rings. The van der Waals surface area contributed by atoms with Crippen LogP contribution in [0.15, 0.2) is 9.59 Å². The molecule has 0 unspecified atom stereocenters. The van der Waals surface area contributed by atoms with Crippen LogP contribution in [0.4, 0.5) is 10.3 Å². The minimum absolute atomic E-state index is 0.0861. The van der Waals surface area contributed by atoms with Crippen molar-refractivity contribution in [3.8, 4) is 0 Å². The predicted molar refractivity (Wildman–Crippen MR) is 122 cm³/mol. The molecule has 0 spiro atoms. The number of halogens is 1. The van der Waals surface area contributed by atoms with Gasteiger partial charge in [0, 0.05) is 27.3 Å². The van der Waals surface area contributed by atoms with E-state index in [0.29, 0.717) is 0 Å². The highest BCUT2D eigenvalue weighted by atomic mass is 19.1. The van der Waals surface area contributed by atoms with Crippen molar-refractivity contribution in [3.63, 3.8) is 0 Å². The van der Waals surface area contributed by atoms with Crippen LogP contribution >= 0.6 is 0 Å². The average Bonchev–Trinajstić information content (AvgIpc) is 3.49. The second-order valence-corrected chi connectivity index (χ2v) is 9.04. The molecule has 3 heterocycles. The Morgan fingerprint density at radius 3 is 2.47 bits per heavy atom. The SMILES string of the molecule is CC[C@H](OC(C)=O)[C@H]1O[C@@H](n2c(=O)n(CC3CC3)c3c(=O)[nH]c(NC(C)=O)nc32)[C@H](OC(C)=O)[C@H]1F. The molecule has 2 aliphatic rings. The molecular weight excluding hydrogens is 481 g/mol. The van der Waals surface area contributed by atoms with Crippen LogP contribution in [-0.2, 0) is 35.1 Å². The standard InChI is InChI=1S/C22H28FN5O8/c1-5-13(34-10(3)30)16-14(23)17(35-11(4)31)20(36-16)28-18-15(27(22(28)33)8-12-6-7-12)19(32)26-21(25-18)24-9(2)29/h12-14,16-17,20H,5-8H2,1-4H3,(H2,24,25,26,29,32)/t13-,14-,16+,17+,20+/m0/s1. The maximum atomic E-state index is 15.7. The number of ether oxygens (including phenoxy) is 3. The molecule has 2 fully saturated rings. The summed E-state index contributed by atoms with van der Waals surface area (Å²) in [5, 5.41) is 2.36. The molecule has 0 bridgehead atoms. The fraction of sp³-hybridized carbons (Fsp3) is 0.636. The van der Waals surface area contributed by atoms with Crippen LogP contribution in [0.5, 0.6) is 0 Å². The molecule has 13 nitrogen and oxygen atoms in total. The molecule has 0 radical (unpaired) electrons. The maximum absolute atomic E-state index is 15.7. The van der Waals surface area contributed by atoms with E-state index < -0.39 is 59.8 Å². The summed E-state index contributed by atoms with van der Waals surface area (Å²) in [5.74, 6) is -2.04. The highest BCUT2D eigenvalue weighted by Gasteiger charge is 2.53. The monoisotopic (exact) mass is 509 g/mol. The second-order valence-electron chi connectivity index (χ2n) is 9.04. The molecule has 1 aliphatic carbocycles. The van der Waals surface area contributed by atoms with E-state index in [1.807, 2.05) is 0 Å². The van der Waals surface area contributed by atoms with Crippen LogP contribution < -0.4 is 16.6 Å². The van der Waals surface area contributed by atoms with Gasteiger partial charge in [0.25, 0.3) is 5.56 Å². The Balaban J connectivity index is 1.89. The first-order valence-corrected chi connectivity index (χ1v) is 11.7. The second kappa shape index (κ2) is 9.84. The van der Waals surface area contributed by atoms with E-state index in [9.17, 15) is 24.0 Å². The van der Waals surface area contributed by atoms with Gasteiger partial charge < -0.3 is 14.2 Å². The number of fused-ring (bicyclic) bond motifs is 1. The fourth-order valence-corrected chi connectivity index (χ4v) is 4.43. The van der Waals surface area contributed by atoms with E-state index in [1.165, 1.54) is 18.4 Å². The van der Waals surface area contributed by atoms with Gasteiger partial charge in [0.2, 0.25) is 11.9 Å². The number of nitrogens with one attached hydrogen (secondary N) is 2. The van der Waals surface area contributed by atoms with Crippen LogP contribution in [0.1, 0.15) is 53.2 Å². The Labute approximate surface area is 203 Å². The molecule has 4 rings (SSSR count). The third kappa shape index (κ3) is 4.90. The number of amides is 1. The van der Waals surface area contributed by atoms with Crippen molar-refractivity contribution < 1.29 is 33.0 Å². The normalized spacial score (nSPS) is 24.5. The first-order chi connectivity index (χ1) is 17.0. The summed E-state index contributed by atoms with van der Waals surface area (Å²) in [6, 6.07) is 0. The lowest BCUT2D eigenvalue weighted by molar-refractivity contribution is -0.159. The topological polar surface area (TPSA) is 164 Å². The van der Waals surface area contributed by atoms with Gasteiger partial charge in [-0.2, -0.15) is 4.98 Å². The number of anilines is 1. The van der Waals surface area contributed by atoms with Crippen molar-refractivity contribution in [2.75, 3.05) is 5.32 Å². The van der Waals surface area contributed by atoms with E-state index in [1.54, 1.807) is 6.92 Å². The Hall–Kier alpha value is -3.55. The lowest BCUT2D eigenvalue weighted by Crippen LogP contribution is -2.40. The first kappa shape index (κ1) is 25.5. The van der Waals surface area contributed by atoms with Gasteiger partial charge in [0.1, 0.15) is 12.2 Å². The number of imidazole rings is 1. The molecule has 1 aliphatic heterocycles. The molecule has 5 atom stereocenters. The van der Waals surface area contributed by atoms with E-state index in [-0.39, 0.29) is 36.0 Å². The quantitative estimate of drug-likeness (QED) is 0.489. The van der Waals surface area contributed by atoms with Gasteiger partial charge in [-0.05, 0) is 25.2 Å². The number of aromatic nitrogens is 4. The summed E-state index contributed by atoms with van der Waals surface area (Å²) < 4.78 is 34.2. The van der Waals surface area contributed by atoms with E-state index in [0.717, 1.165) is 24.3 Å². The average molecular weight is 509 g/mol. The third-order valence-electron chi connectivity index (χ3n) is 6.09. The number of carbonyl (C=O) groups is 3. The summed E-state index contributed by atoms with van der Waals surface area (Å²) in [6.07, 6.45) is -5.53. The summed E-state index contributed by atoms with van der Waals surface area (Å²) in [7, 11) is 0. The van der Waals surface area contributed by atoms with Gasteiger partial charge in [-0.15, -0.1) is 0 Å². The summed E-state index contributed by atoms with van der Waals surface area (Å²) in [6.45, 7) is 5.35. The maximum Gasteiger partial charge on any atom is 0.332 e. The number of aromatic amines is 1. The van der Waals surface area contributed by atoms with Gasteiger partial charge in [-0.3, -0.25) is 34.0 Å². The van der Waals surface area contributed by atoms with Gasteiger partial charge in [0.15, 0.2) is 29.7 Å². The fourth-order valence-electron chi connectivity index (χ4n) is 4.43. The zero-order chi connectivity index (χ0) is 26.3. The Morgan fingerprint density at radius 1 is 1.22 bits per heavy atom. The Morgan fingerprint density at radius 2 is 1.92 bits per heavy atom. The number of alkyl halides is 1. The summed E-state index contributed by atoms with van der Waals surface area (Å²) in [4.78, 5) is 68.2. The molecule has 2 aromatic heterocycles. The third-order valence-corrected chi connectivity index (χ3v) is 6.09. The molecule has 14 heteroatoms. The van der Waals surface area contributed by atoms with Crippen molar-refractivity contribution >= 4 is 35.0 Å². The zero-order valence-corrected chi connectivity index (χ0v) is 20.3. The van der Waals surface area contributed by atoms with Crippen molar-refractivity contribution in [1.82, 2.24) is 19.1 Å². The smallest absolute Gasteiger partial charge is 0.332 e. The van der Waals surface area contributed by atoms with Gasteiger partial charge in [0.05, 0.1) is 0 Å². The van der Waals surface area contributed by atoms with E-state index in [2.05, 4.69) is 15.3 Å². The van der Waals surface area contributed by atoms with Crippen molar-refractivity contribution in [2.45, 2.75) is 84.2 Å². The minimum Gasteiger partial charge on any atom is -0.460 e. The van der Waals surface area contributed by atoms with Gasteiger partial charge in [-0.25, -0.2) is 13.8 Å². The van der Waals surface area contributed by atoms with E-state index >= 15 is 4.39 Å². The van der Waals surface area contributed by atoms with Crippen LogP contribution in [-0.4, -0.2) is 61.4 Å². The molecule has 36 heavy (non-hydrogen) atoms. The summed E-state index contributed by atoms with van der Waals surface area (Å²) >= 11 is 0. The molecule has 1 saturated heterocycles. The number of H-pyrrole nitrogens is 1. The largest absolute Gasteiger partial charge is 0.460 e. The number of hydrogen-bond acceptors (Lipinski definition) is 9. The van der Waals surface area contributed by atoms with Crippen LogP contribution in [0.2, 0.25) is 0 Å². The van der Waals surface area contributed by atoms with Crippen molar-refractivity contribution in [2.24, 2.45) is 5.92 Å². The molecule has 2 N–H and O–H groups in total. The van der Waals surface area contributed by atoms with Crippen LogP contribution in [0.3, 0.4) is 0 Å². The summed E-state index contributed by atoms with van der Waals surface area (Å²) in [5.41, 5.74) is -1.67. The molecule has 196 valence electrons. The van der Waals surface area contributed by atoms with Gasteiger partial charge in [-0.1, -0.05) is 6.92 Å².